The van der Waals surface area contributed by atoms with E-state index in [1.807, 2.05) is 0 Å². The van der Waals surface area contributed by atoms with E-state index in [0.717, 1.165) is 39.4 Å². The number of hydrogen-bond acceptors (Lipinski definition) is 4. The van der Waals surface area contributed by atoms with Crippen molar-refractivity contribution in [3.05, 3.63) is 17.2 Å². The molecule has 1 aromatic carbocycles. The Kier molecular flexibility index (Phi) is 7.16. The standard InChI is InChI=1S/C15H22ClN3O3S/c1-20-13-10-14(21-2)12(9-11(13)16)18-15(23)17-3-4-19-5-7-22-8-6-19/h9-10H,3-8H2,1-2H3,(H2,17,18,23)/p+1. The Bertz CT molecular complexity index is 539. The van der Waals surface area contributed by atoms with Crippen molar-refractivity contribution in [2.75, 3.05) is 58.9 Å². The number of benzene rings is 1. The summed E-state index contributed by atoms with van der Waals surface area (Å²) in [6, 6.07) is 3.46. The summed E-state index contributed by atoms with van der Waals surface area (Å²) in [7, 11) is 3.15. The van der Waals surface area contributed by atoms with Gasteiger partial charge in [0.25, 0.3) is 0 Å². The minimum Gasteiger partial charge on any atom is -0.495 e. The quantitative estimate of drug-likeness (QED) is 0.644. The molecular formula is C15H23ClN3O3S+. The second-order valence-electron chi connectivity index (χ2n) is 5.18. The number of anilines is 1. The molecule has 23 heavy (non-hydrogen) atoms. The zero-order chi connectivity index (χ0) is 16.7. The van der Waals surface area contributed by atoms with Gasteiger partial charge >= 0.3 is 0 Å². The molecule has 0 radical (unpaired) electrons. The van der Waals surface area contributed by atoms with Crippen LogP contribution in [0.2, 0.25) is 5.02 Å². The van der Waals surface area contributed by atoms with Gasteiger partial charge in [-0.25, -0.2) is 0 Å². The molecule has 0 spiro atoms. The lowest BCUT2D eigenvalue weighted by Crippen LogP contribution is -3.14. The van der Waals surface area contributed by atoms with Crippen LogP contribution in [-0.2, 0) is 4.74 Å². The molecule has 3 N–H and O–H groups in total. The number of hydrogen-bond donors (Lipinski definition) is 3. The predicted molar refractivity (Wildman–Crippen MR) is 95.2 cm³/mol. The van der Waals surface area contributed by atoms with Crippen molar-refractivity contribution in [3.8, 4) is 11.5 Å². The van der Waals surface area contributed by atoms with Crippen molar-refractivity contribution in [1.82, 2.24) is 5.32 Å². The van der Waals surface area contributed by atoms with Gasteiger partial charge in [-0.2, -0.15) is 0 Å². The number of thiocarbonyl (C=S) groups is 1. The summed E-state index contributed by atoms with van der Waals surface area (Å²) in [5.74, 6) is 1.18. The van der Waals surface area contributed by atoms with E-state index in [1.54, 1.807) is 26.4 Å². The van der Waals surface area contributed by atoms with Gasteiger partial charge in [-0.1, -0.05) is 11.6 Å². The Labute approximate surface area is 147 Å². The molecule has 1 fully saturated rings. The van der Waals surface area contributed by atoms with Crippen LogP contribution >= 0.6 is 23.8 Å². The number of halogens is 1. The molecule has 0 amide bonds. The van der Waals surface area contributed by atoms with Crippen molar-refractivity contribution >= 4 is 34.6 Å². The molecular weight excluding hydrogens is 338 g/mol. The smallest absolute Gasteiger partial charge is 0.171 e. The molecule has 0 unspecified atom stereocenters. The molecule has 6 nitrogen and oxygen atoms in total. The number of ether oxygens (including phenoxy) is 3. The van der Waals surface area contributed by atoms with E-state index in [1.165, 1.54) is 4.90 Å². The first-order chi connectivity index (χ1) is 11.1. The molecule has 1 saturated heterocycles. The molecule has 1 aliphatic heterocycles. The van der Waals surface area contributed by atoms with Crippen molar-refractivity contribution in [2.24, 2.45) is 0 Å². The second-order valence-corrected chi connectivity index (χ2v) is 6.00. The van der Waals surface area contributed by atoms with Crippen LogP contribution in [0.25, 0.3) is 0 Å². The van der Waals surface area contributed by atoms with Crippen molar-refractivity contribution in [1.29, 1.82) is 0 Å². The lowest BCUT2D eigenvalue weighted by atomic mass is 10.2. The largest absolute Gasteiger partial charge is 0.495 e. The van der Waals surface area contributed by atoms with E-state index in [2.05, 4.69) is 10.6 Å². The number of morpholine rings is 1. The first kappa shape index (κ1) is 18.1. The SMILES string of the molecule is COc1cc(OC)c(NC(=S)NCC[NH+]2CCOCC2)cc1Cl. The van der Waals surface area contributed by atoms with Gasteiger partial charge in [0, 0.05) is 6.07 Å². The normalized spacial score (nSPS) is 15.1. The third-order valence-electron chi connectivity index (χ3n) is 3.69. The zero-order valence-electron chi connectivity index (χ0n) is 13.4. The summed E-state index contributed by atoms with van der Waals surface area (Å²) in [4.78, 5) is 1.52. The molecule has 0 bridgehead atoms. The number of rotatable bonds is 6. The fourth-order valence-corrected chi connectivity index (χ4v) is 2.84. The number of nitrogens with one attached hydrogen (secondary N) is 3. The highest BCUT2D eigenvalue weighted by Crippen LogP contribution is 2.35. The first-order valence-corrected chi connectivity index (χ1v) is 8.30. The molecule has 0 aromatic heterocycles. The summed E-state index contributed by atoms with van der Waals surface area (Å²) in [5.41, 5.74) is 0.703. The molecule has 0 aliphatic carbocycles. The van der Waals surface area contributed by atoms with Gasteiger partial charge in [-0.05, 0) is 18.3 Å². The Hall–Kier alpha value is -1.28. The van der Waals surface area contributed by atoms with Gasteiger partial charge in [0.1, 0.15) is 24.6 Å². The minimum atomic E-state index is 0.497. The average molecular weight is 361 g/mol. The molecule has 8 heteroatoms. The molecule has 1 heterocycles. The maximum Gasteiger partial charge on any atom is 0.171 e. The van der Waals surface area contributed by atoms with Crippen LogP contribution in [0, 0.1) is 0 Å². The lowest BCUT2D eigenvalue weighted by Gasteiger charge is -2.24. The van der Waals surface area contributed by atoms with Crippen molar-refractivity contribution < 1.29 is 19.1 Å². The summed E-state index contributed by atoms with van der Waals surface area (Å²) in [6.07, 6.45) is 0. The Balaban J connectivity index is 1.85. The number of quaternary nitrogens is 1. The Morgan fingerprint density at radius 2 is 1.96 bits per heavy atom. The van der Waals surface area contributed by atoms with E-state index in [9.17, 15) is 0 Å². The third-order valence-corrected chi connectivity index (χ3v) is 4.23. The monoisotopic (exact) mass is 360 g/mol. The summed E-state index contributed by atoms with van der Waals surface area (Å²) < 4.78 is 15.9. The van der Waals surface area contributed by atoms with Crippen LogP contribution < -0.4 is 25.0 Å². The maximum absolute atomic E-state index is 6.15. The number of methoxy groups -OCH3 is 2. The summed E-state index contributed by atoms with van der Waals surface area (Å²) >= 11 is 11.5. The van der Waals surface area contributed by atoms with E-state index in [-0.39, 0.29) is 0 Å². The summed E-state index contributed by atoms with van der Waals surface area (Å²) in [5, 5.41) is 7.36. The van der Waals surface area contributed by atoms with Crippen LogP contribution in [0.15, 0.2) is 12.1 Å². The Morgan fingerprint density at radius 1 is 1.26 bits per heavy atom. The lowest BCUT2D eigenvalue weighted by molar-refractivity contribution is -0.906. The van der Waals surface area contributed by atoms with Gasteiger partial charge in [-0.15, -0.1) is 0 Å². The molecule has 128 valence electrons. The highest BCUT2D eigenvalue weighted by molar-refractivity contribution is 7.80. The van der Waals surface area contributed by atoms with Gasteiger partial charge in [0.15, 0.2) is 5.11 Å². The third kappa shape index (κ3) is 5.39. The fraction of sp³-hybridized carbons (Fsp3) is 0.533. The maximum atomic E-state index is 6.15. The van der Waals surface area contributed by atoms with E-state index in [0.29, 0.717) is 27.3 Å². The van der Waals surface area contributed by atoms with Crippen LogP contribution in [0.5, 0.6) is 11.5 Å². The molecule has 0 atom stereocenters. The highest BCUT2D eigenvalue weighted by Gasteiger charge is 2.14. The average Bonchev–Trinajstić information content (AvgIpc) is 2.56. The zero-order valence-corrected chi connectivity index (χ0v) is 15.0. The topological polar surface area (TPSA) is 56.2 Å². The second kappa shape index (κ2) is 9.12. The molecule has 1 aliphatic rings. The predicted octanol–water partition coefficient (Wildman–Crippen LogP) is 0.559. The molecule has 2 rings (SSSR count). The first-order valence-electron chi connectivity index (χ1n) is 7.51. The van der Waals surface area contributed by atoms with Gasteiger partial charge in [-0.3, -0.25) is 0 Å². The molecule has 1 aromatic rings. The van der Waals surface area contributed by atoms with Gasteiger partial charge in [0.05, 0.1) is 51.2 Å². The van der Waals surface area contributed by atoms with Crippen molar-refractivity contribution in [3.63, 3.8) is 0 Å². The van der Waals surface area contributed by atoms with Crippen molar-refractivity contribution in [2.45, 2.75) is 0 Å². The van der Waals surface area contributed by atoms with Crippen LogP contribution in [-0.4, -0.2) is 58.7 Å². The van der Waals surface area contributed by atoms with Crippen LogP contribution in [0.1, 0.15) is 0 Å². The highest BCUT2D eigenvalue weighted by atomic mass is 35.5. The fourth-order valence-electron chi connectivity index (χ4n) is 2.39. The summed E-state index contributed by atoms with van der Waals surface area (Å²) in [6.45, 7) is 5.56. The van der Waals surface area contributed by atoms with E-state index >= 15 is 0 Å². The van der Waals surface area contributed by atoms with Crippen LogP contribution in [0.4, 0.5) is 5.69 Å². The van der Waals surface area contributed by atoms with Crippen LogP contribution in [0.3, 0.4) is 0 Å². The van der Waals surface area contributed by atoms with Gasteiger partial charge < -0.3 is 29.7 Å². The van der Waals surface area contributed by atoms with Gasteiger partial charge in [0.2, 0.25) is 0 Å². The minimum absolute atomic E-state index is 0.497. The molecule has 0 saturated carbocycles. The Morgan fingerprint density at radius 3 is 2.61 bits per heavy atom. The van der Waals surface area contributed by atoms with E-state index in [4.69, 9.17) is 38.0 Å². The van der Waals surface area contributed by atoms with E-state index < -0.39 is 0 Å².